The quantitative estimate of drug-likeness (QED) is 0.465. The maximum absolute atomic E-state index is 2.45. The molecule has 2 unspecified atom stereocenters. The van der Waals surface area contributed by atoms with E-state index in [2.05, 4.69) is 13.8 Å². The van der Waals surface area contributed by atoms with Crippen molar-refractivity contribution in [2.24, 2.45) is 23.7 Å². The first-order chi connectivity index (χ1) is 4.29. The minimum absolute atomic E-state index is 1.05. The van der Waals surface area contributed by atoms with Crippen LogP contribution in [0.25, 0.3) is 0 Å². The average Bonchev–Trinajstić information content (AvgIpc) is 2.25. The first-order valence-corrected chi connectivity index (χ1v) is 4.29. The molecule has 4 atom stereocenters. The molecule has 0 N–H and O–H groups in total. The van der Waals surface area contributed by atoms with Crippen LogP contribution in [-0.2, 0) is 0 Å². The van der Waals surface area contributed by atoms with Crippen LogP contribution in [0.15, 0.2) is 0 Å². The van der Waals surface area contributed by atoms with Gasteiger partial charge < -0.3 is 0 Å². The van der Waals surface area contributed by atoms with Gasteiger partial charge in [-0.1, -0.05) is 13.8 Å². The fourth-order valence-corrected chi connectivity index (χ4v) is 3.07. The van der Waals surface area contributed by atoms with Crippen LogP contribution in [0.1, 0.15) is 33.1 Å². The van der Waals surface area contributed by atoms with Crippen molar-refractivity contribution in [3.8, 4) is 0 Å². The zero-order chi connectivity index (χ0) is 6.43. The summed E-state index contributed by atoms with van der Waals surface area (Å²) in [5.74, 6) is 4.35. The second-order valence-electron chi connectivity index (χ2n) is 4.07. The van der Waals surface area contributed by atoms with Gasteiger partial charge in [0.2, 0.25) is 0 Å². The molecule has 0 heteroatoms. The Morgan fingerprint density at radius 3 is 2.11 bits per heavy atom. The lowest BCUT2D eigenvalue weighted by atomic mass is 9.90. The van der Waals surface area contributed by atoms with Gasteiger partial charge in [-0.15, -0.1) is 0 Å². The van der Waals surface area contributed by atoms with E-state index in [0.29, 0.717) is 0 Å². The van der Waals surface area contributed by atoms with E-state index in [4.69, 9.17) is 0 Å². The summed E-state index contributed by atoms with van der Waals surface area (Å²) in [6.45, 7) is 4.88. The molecule has 0 aromatic rings. The van der Waals surface area contributed by atoms with Crippen molar-refractivity contribution in [1.82, 2.24) is 0 Å². The van der Waals surface area contributed by atoms with E-state index in [0.717, 1.165) is 23.7 Å². The lowest BCUT2D eigenvalue weighted by molar-refractivity contribution is 0.348. The van der Waals surface area contributed by atoms with E-state index in [9.17, 15) is 0 Å². The van der Waals surface area contributed by atoms with Crippen molar-refractivity contribution in [3.05, 3.63) is 0 Å². The fourth-order valence-electron chi connectivity index (χ4n) is 3.07. The molecule has 2 aliphatic rings. The van der Waals surface area contributed by atoms with Gasteiger partial charge in [-0.25, -0.2) is 0 Å². The van der Waals surface area contributed by atoms with Gasteiger partial charge in [0.25, 0.3) is 0 Å². The van der Waals surface area contributed by atoms with Crippen LogP contribution in [0.5, 0.6) is 0 Å². The highest BCUT2D eigenvalue weighted by molar-refractivity contribution is 4.92. The summed E-state index contributed by atoms with van der Waals surface area (Å²) in [7, 11) is 0. The van der Waals surface area contributed by atoms with E-state index >= 15 is 0 Å². The molecule has 0 radical (unpaired) electrons. The van der Waals surface area contributed by atoms with E-state index in [-0.39, 0.29) is 0 Å². The molecule has 2 saturated carbocycles. The minimum Gasteiger partial charge on any atom is -0.0622 e. The molecular weight excluding hydrogens is 108 g/mol. The van der Waals surface area contributed by atoms with Gasteiger partial charge in [0.1, 0.15) is 0 Å². The smallest absolute Gasteiger partial charge is 0.0360 e. The van der Waals surface area contributed by atoms with Gasteiger partial charge in [0.15, 0.2) is 0 Å². The average molecular weight is 124 g/mol. The van der Waals surface area contributed by atoms with Gasteiger partial charge in [0, 0.05) is 0 Å². The van der Waals surface area contributed by atoms with Gasteiger partial charge in [-0.2, -0.15) is 0 Å². The normalized spacial score (nSPS) is 56.7. The molecule has 0 nitrogen and oxygen atoms in total. The van der Waals surface area contributed by atoms with Crippen LogP contribution in [0.3, 0.4) is 0 Å². The van der Waals surface area contributed by atoms with Crippen LogP contribution in [0.4, 0.5) is 0 Å². The Labute approximate surface area is 57.6 Å². The lowest BCUT2D eigenvalue weighted by Gasteiger charge is -2.15. The van der Waals surface area contributed by atoms with E-state index < -0.39 is 0 Å². The first-order valence-electron chi connectivity index (χ1n) is 4.29. The molecule has 0 spiro atoms. The Morgan fingerprint density at radius 2 is 1.89 bits per heavy atom. The molecule has 2 aliphatic carbocycles. The number of rotatable bonds is 0. The predicted molar refractivity (Wildman–Crippen MR) is 39.2 cm³/mol. The van der Waals surface area contributed by atoms with Crippen LogP contribution in [0.2, 0.25) is 0 Å². The number of fused-ring (bicyclic) bond motifs is 2. The summed E-state index contributed by atoms with van der Waals surface area (Å²) in [4.78, 5) is 0. The maximum atomic E-state index is 2.45. The van der Waals surface area contributed by atoms with Crippen LogP contribution >= 0.6 is 0 Å². The van der Waals surface area contributed by atoms with E-state index in [1.54, 1.807) is 0 Å². The van der Waals surface area contributed by atoms with E-state index in [1.807, 2.05) is 0 Å². The Bertz CT molecular complexity index is 117. The van der Waals surface area contributed by atoms with Gasteiger partial charge in [-0.3, -0.25) is 0 Å². The van der Waals surface area contributed by atoms with E-state index in [1.165, 1.54) is 19.3 Å². The summed E-state index contributed by atoms with van der Waals surface area (Å²) in [6.07, 6.45) is 4.61. The monoisotopic (exact) mass is 124 g/mol. The molecular formula is C9H16. The molecule has 0 saturated heterocycles. The second-order valence-corrected chi connectivity index (χ2v) is 4.07. The molecule has 0 aromatic heterocycles. The minimum atomic E-state index is 1.05. The standard InChI is InChI=1S/C9H16/c1-6-5-8-3-4-9(6)7(8)2/h6-9H,3-5H2,1-2H3/t6-,7+,8?,9?/m1/s1. The molecule has 2 rings (SSSR count). The number of hydrogen-bond donors (Lipinski definition) is 0. The van der Waals surface area contributed by atoms with Crippen molar-refractivity contribution < 1.29 is 0 Å². The van der Waals surface area contributed by atoms with Gasteiger partial charge in [0.05, 0.1) is 0 Å². The highest BCUT2D eigenvalue weighted by Crippen LogP contribution is 2.51. The molecule has 2 fully saturated rings. The predicted octanol–water partition coefficient (Wildman–Crippen LogP) is 2.69. The molecule has 52 valence electrons. The fraction of sp³-hybridized carbons (Fsp3) is 1.00. The summed E-state index contributed by atoms with van der Waals surface area (Å²) < 4.78 is 0. The maximum Gasteiger partial charge on any atom is -0.0360 e. The van der Waals surface area contributed by atoms with Crippen molar-refractivity contribution in [3.63, 3.8) is 0 Å². The Kier molecular flexibility index (Phi) is 1.12. The van der Waals surface area contributed by atoms with Crippen LogP contribution in [-0.4, -0.2) is 0 Å². The molecule has 0 aromatic carbocycles. The highest BCUT2D eigenvalue weighted by Gasteiger charge is 2.42. The van der Waals surface area contributed by atoms with Crippen LogP contribution in [0, 0.1) is 23.7 Å². The lowest BCUT2D eigenvalue weighted by Crippen LogP contribution is -2.06. The third-order valence-electron chi connectivity index (χ3n) is 3.70. The Hall–Kier alpha value is 0. The zero-order valence-corrected chi connectivity index (χ0v) is 6.43. The zero-order valence-electron chi connectivity index (χ0n) is 6.43. The molecule has 2 bridgehead atoms. The number of hydrogen-bond acceptors (Lipinski definition) is 0. The molecule has 9 heavy (non-hydrogen) atoms. The highest BCUT2D eigenvalue weighted by atomic mass is 14.5. The largest absolute Gasteiger partial charge is 0.0622 e. The van der Waals surface area contributed by atoms with Crippen molar-refractivity contribution in [2.45, 2.75) is 33.1 Å². The van der Waals surface area contributed by atoms with Crippen LogP contribution < -0.4 is 0 Å². The van der Waals surface area contributed by atoms with Gasteiger partial charge in [-0.05, 0) is 42.9 Å². The van der Waals surface area contributed by atoms with Crippen molar-refractivity contribution >= 4 is 0 Å². The summed E-state index contributed by atoms with van der Waals surface area (Å²) in [5, 5.41) is 0. The van der Waals surface area contributed by atoms with Gasteiger partial charge >= 0.3 is 0 Å². The third kappa shape index (κ3) is 0.653. The summed E-state index contributed by atoms with van der Waals surface area (Å²) in [6, 6.07) is 0. The third-order valence-corrected chi connectivity index (χ3v) is 3.70. The Morgan fingerprint density at radius 1 is 1.11 bits per heavy atom. The molecule has 0 heterocycles. The summed E-state index contributed by atoms with van der Waals surface area (Å²) in [5.41, 5.74) is 0. The summed E-state index contributed by atoms with van der Waals surface area (Å²) >= 11 is 0. The van der Waals surface area contributed by atoms with Crippen molar-refractivity contribution in [2.75, 3.05) is 0 Å². The first kappa shape index (κ1) is 5.76. The molecule has 0 amide bonds. The van der Waals surface area contributed by atoms with Crippen molar-refractivity contribution in [1.29, 1.82) is 0 Å². The molecule has 0 aliphatic heterocycles. The Balaban J connectivity index is 2.16. The second kappa shape index (κ2) is 1.74. The SMILES string of the molecule is C[C@H]1C2CCC1[C@H](C)C2. The topological polar surface area (TPSA) is 0 Å².